The van der Waals surface area contributed by atoms with Crippen LogP contribution in [0.1, 0.15) is 59.4 Å². The van der Waals surface area contributed by atoms with Crippen molar-refractivity contribution in [2.45, 2.75) is 72.0 Å². The van der Waals surface area contributed by atoms with Gasteiger partial charge in [-0.3, -0.25) is 9.59 Å². The van der Waals surface area contributed by atoms with Crippen LogP contribution in [0.15, 0.2) is 24.3 Å². The van der Waals surface area contributed by atoms with E-state index in [-0.39, 0.29) is 17.4 Å². The maximum absolute atomic E-state index is 12.7. The van der Waals surface area contributed by atoms with Gasteiger partial charge in [0, 0.05) is 18.5 Å². The Balaban J connectivity index is 3.08. The Bertz CT molecular complexity index is 579. The molecule has 0 saturated heterocycles. The fraction of sp³-hybridized carbons (Fsp3) is 0.600. The number of ether oxygens (including phenoxy) is 1. The number of methoxy groups -OCH3 is 1. The SMILES string of the molecule is CCCC(=O)N(Cc1cccc(OC)c1)C(CC)C(=O)NC(C)(C)C. The van der Waals surface area contributed by atoms with E-state index < -0.39 is 6.04 Å². The summed E-state index contributed by atoms with van der Waals surface area (Å²) in [7, 11) is 1.62. The molecule has 5 nitrogen and oxygen atoms in total. The molecule has 0 spiro atoms. The minimum Gasteiger partial charge on any atom is -0.497 e. The van der Waals surface area contributed by atoms with Gasteiger partial charge >= 0.3 is 0 Å². The quantitative estimate of drug-likeness (QED) is 0.782. The summed E-state index contributed by atoms with van der Waals surface area (Å²) in [6.45, 7) is 10.1. The first kappa shape index (κ1) is 21.0. The molecule has 1 aromatic rings. The number of carbonyl (C=O) groups excluding carboxylic acids is 2. The Hall–Kier alpha value is -2.04. The van der Waals surface area contributed by atoms with E-state index in [9.17, 15) is 9.59 Å². The molecule has 1 N–H and O–H groups in total. The Morgan fingerprint density at radius 2 is 1.92 bits per heavy atom. The topological polar surface area (TPSA) is 58.6 Å². The van der Waals surface area contributed by atoms with Crippen molar-refractivity contribution in [2.24, 2.45) is 0 Å². The Labute approximate surface area is 151 Å². The normalized spacial score (nSPS) is 12.4. The highest BCUT2D eigenvalue weighted by Gasteiger charge is 2.30. The average Bonchev–Trinajstić information content (AvgIpc) is 2.53. The second-order valence-electron chi connectivity index (χ2n) is 7.29. The third kappa shape index (κ3) is 6.77. The zero-order chi connectivity index (χ0) is 19.0. The summed E-state index contributed by atoms with van der Waals surface area (Å²) >= 11 is 0. The highest BCUT2D eigenvalue weighted by molar-refractivity contribution is 5.88. The minimum atomic E-state index is -0.482. The van der Waals surface area contributed by atoms with Crippen molar-refractivity contribution in [2.75, 3.05) is 7.11 Å². The molecular weight excluding hydrogens is 316 g/mol. The number of nitrogens with one attached hydrogen (secondary N) is 1. The monoisotopic (exact) mass is 348 g/mol. The van der Waals surface area contributed by atoms with Crippen LogP contribution < -0.4 is 10.1 Å². The van der Waals surface area contributed by atoms with Gasteiger partial charge in [0.25, 0.3) is 0 Å². The van der Waals surface area contributed by atoms with Crippen molar-refractivity contribution >= 4 is 11.8 Å². The summed E-state index contributed by atoms with van der Waals surface area (Å²) in [6, 6.07) is 7.13. The van der Waals surface area contributed by atoms with Crippen molar-refractivity contribution in [3.63, 3.8) is 0 Å². The second kappa shape index (κ2) is 9.44. The molecule has 0 heterocycles. The Morgan fingerprint density at radius 1 is 1.24 bits per heavy atom. The molecule has 0 radical (unpaired) electrons. The smallest absolute Gasteiger partial charge is 0.243 e. The van der Waals surface area contributed by atoms with E-state index >= 15 is 0 Å². The average molecular weight is 348 g/mol. The van der Waals surface area contributed by atoms with Crippen LogP contribution in [0.3, 0.4) is 0 Å². The Morgan fingerprint density at radius 3 is 2.44 bits per heavy atom. The predicted octanol–water partition coefficient (Wildman–Crippen LogP) is 3.52. The van der Waals surface area contributed by atoms with E-state index in [1.807, 2.05) is 58.9 Å². The molecule has 140 valence electrons. The van der Waals surface area contributed by atoms with Gasteiger partial charge in [-0.25, -0.2) is 0 Å². The van der Waals surface area contributed by atoms with Crippen molar-refractivity contribution in [3.8, 4) is 5.75 Å². The molecule has 0 saturated carbocycles. The highest BCUT2D eigenvalue weighted by atomic mass is 16.5. The molecule has 2 amide bonds. The van der Waals surface area contributed by atoms with Gasteiger partial charge in [0.05, 0.1) is 7.11 Å². The molecular formula is C20H32N2O3. The highest BCUT2D eigenvalue weighted by Crippen LogP contribution is 2.18. The van der Waals surface area contributed by atoms with Gasteiger partial charge in [0.2, 0.25) is 11.8 Å². The van der Waals surface area contributed by atoms with Crippen molar-refractivity contribution < 1.29 is 14.3 Å². The molecule has 1 unspecified atom stereocenters. The zero-order valence-electron chi connectivity index (χ0n) is 16.4. The Kier molecular flexibility index (Phi) is 7.94. The van der Waals surface area contributed by atoms with Gasteiger partial charge in [-0.15, -0.1) is 0 Å². The van der Waals surface area contributed by atoms with E-state index in [1.165, 1.54) is 0 Å². The predicted molar refractivity (Wildman–Crippen MR) is 100 cm³/mol. The van der Waals surface area contributed by atoms with Gasteiger partial charge in [-0.05, 0) is 51.3 Å². The van der Waals surface area contributed by atoms with Gasteiger partial charge in [-0.2, -0.15) is 0 Å². The third-order valence-corrected chi connectivity index (χ3v) is 3.84. The van der Waals surface area contributed by atoms with Crippen LogP contribution >= 0.6 is 0 Å². The van der Waals surface area contributed by atoms with Gasteiger partial charge in [0.15, 0.2) is 0 Å². The number of benzene rings is 1. The first-order valence-electron chi connectivity index (χ1n) is 8.96. The van der Waals surface area contributed by atoms with Gasteiger partial charge < -0.3 is 15.0 Å². The summed E-state index contributed by atoms with van der Waals surface area (Å²) < 4.78 is 5.26. The second-order valence-corrected chi connectivity index (χ2v) is 7.29. The van der Waals surface area contributed by atoms with Crippen LogP contribution in [-0.4, -0.2) is 35.4 Å². The fourth-order valence-corrected chi connectivity index (χ4v) is 2.70. The number of hydrogen-bond acceptors (Lipinski definition) is 3. The maximum atomic E-state index is 12.7. The molecule has 0 bridgehead atoms. The molecule has 0 aliphatic rings. The lowest BCUT2D eigenvalue weighted by Gasteiger charge is -2.33. The molecule has 5 heteroatoms. The molecule has 1 atom stereocenters. The largest absolute Gasteiger partial charge is 0.497 e. The van der Waals surface area contributed by atoms with Crippen LogP contribution in [0.2, 0.25) is 0 Å². The first-order chi connectivity index (χ1) is 11.7. The van der Waals surface area contributed by atoms with Gasteiger partial charge in [-0.1, -0.05) is 26.0 Å². The summed E-state index contributed by atoms with van der Waals surface area (Å²) in [5.74, 6) is 0.635. The summed E-state index contributed by atoms with van der Waals surface area (Å²) in [4.78, 5) is 27.1. The van der Waals surface area contributed by atoms with Crippen molar-refractivity contribution in [1.82, 2.24) is 10.2 Å². The number of rotatable bonds is 8. The zero-order valence-corrected chi connectivity index (χ0v) is 16.4. The van der Waals surface area contributed by atoms with Crippen LogP contribution in [0.25, 0.3) is 0 Å². The lowest BCUT2D eigenvalue weighted by atomic mass is 10.0. The van der Waals surface area contributed by atoms with E-state index in [0.29, 0.717) is 19.4 Å². The lowest BCUT2D eigenvalue weighted by molar-refractivity contribution is -0.142. The fourth-order valence-electron chi connectivity index (χ4n) is 2.70. The van der Waals surface area contributed by atoms with Crippen LogP contribution in [0.4, 0.5) is 0 Å². The molecule has 25 heavy (non-hydrogen) atoms. The lowest BCUT2D eigenvalue weighted by Crippen LogP contribution is -2.53. The van der Waals surface area contributed by atoms with Crippen molar-refractivity contribution in [1.29, 1.82) is 0 Å². The molecule has 0 aliphatic heterocycles. The molecule has 1 aromatic carbocycles. The van der Waals surface area contributed by atoms with Gasteiger partial charge in [0.1, 0.15) is 11.8 Å². The van der Waals surface area contributed by atoms with E-state index in [1.54, 1.807) is 12.0 Å². The molecule has 0 aromatic heterocycles. The standard InChI is InChI=1S/C20H32N2O3/c1-7-10-18(23)22(14-15-11-9-12-16(13-15)25-6)17(8-2)19(24)21-20(3,4)5/h9,11-13,17H,7-8,10,14H2,1-6H3,(H,21,24). The van der Waals surface area contributed by atoms with Crippen LogP contribution in [-0.2, 0) is 16.1 Å². The summed E-state index contributed by atoms with van der Waals surface area (Å²) in [5, 5.41) is 3.00. The number of hydrogen-bond donors (Lipinski definition) is 1. The third-order valence-electron chi connectivity index (χ3n) is 3.84. The molecule has 0 aliphatic carbocycles. The van der Waals surface area contributed by atoms with Crippen LogP contribution in [0.5, 0.6) is 5.75 Å². The maximum Gasteiger partial charge on any atom is 0.243 e. The summed E-state index contributed by atoms with van der Waals surface area (Å²) in [5.41, 5.74) is 0.616. The number of nitrogens with zero attached hydrogens (tertiary/aromatic N) is 1. The van der Waals surface area contributed by atoms with Crippen LogP contribution in [0, 0.1) is 0 Å². The van der Waals surface area contributed by atoms with E-state index in [4.69, 9.17) is 4.74 Å². The molecule has 1 rings (SSSR count). The van der Waals surface area contributed by atoms with E-state index in [0.717, 1.165) is 17.7 Å². The minimum absolute atomic E-state index is 0.00114. The van der Waals surface area contributed by atoms with Crippen molar-refractivity contribution in [3.05, 3.63) is 29.8 Å². The molecule has 0 fully saturated rings. The van der Waals surface area contributed by atoms with E-state index in [2.05, 4.69) is 5.32 Å². The number of amides is 2. The first-order valence-corrected chi connectivity index (χ1v) is 8.96. The number of carbonyl (C=O) groups is 2. The summed E-state index contributed by atoms with van der Waals surface area (Å²) in [6.07, 6.45) is 1.76.